The number of nitrogens with zero attached hydrogens (tertiary/aromatic N) is 1. The summed E-state index contributed by atoms with van der Waals surface area (Å²) in [4.78, 5) is 13.8. The summed E-state index contributed by atoms with van der Waals surface area (Å²) in [5, 5.41) is 0. The molecule has 19 heavy (non-hydrogen) atoms. The van der Waals surface area contributed by atoms with Crippen LogP contribution in [0.4, 0.5) is 4.39 Å². The van der Waals surface area contributed by atoms with Crippen molar-refractivity contribution in [3.05, 3.63) is 29.6 Å². The van der Waals surface area contributed by atoms with E-state index in [1.165, 1.54) is 19.2 Å². The van der Waals surface area contributed by atoms with E-state index in [1.807, 2.05) is 18.9 Å². The third kappa shape index (κ3) is 4.61. The van der Waals surface area contributed by atoms with Crippen molar-refractivity contribution in [1.29, 1.82) is 0 Å². The first-order valence-electron chi connectivity index (χ1n) is 6.06. The molecule has 1 aromatic carbocycles. The minimum absolute atomic E-state index is 0.0467. The number of carbonyl (C=O) groups is 1. The van der Waals surface area contributed by atoms with E-state index >= 15 is 0 Å². The fourth-order valence-electron chi connectivity index (χ4n) is 1.75. The number of likely N-dealkylation sites (N-methyl/N-ethyl adjacent to an activating group) is 1. The molecule has 4 nitrogen and oxygen atoms in total. The molecule has 0 spiro atoms. The van der Waals surface area contributed by atoms with Gasteiger partial charge in [0.1, 0.15) is 0 Å². The van der Waals surface area contributed by atoms with Crippen LogP contribution in [0.25, 0.3) is 0 Å². The second kappa shape index (κ2) is 7.21. The Bertz CT molecular complexity index is 437. The molecule has 0 aromatic heterocycles. The van der Waals surface area contributed by atoms with Gasteiger partial charge in [-0.15, -0.1) is 0 Å². The second-order valence-electron chi connectivity index (χ2n) is 4.52. The minimum Gasteiger partial charge on any atom is -0.494 e. The zero-order chi connectivity index (χ0) is 14.4. The van der Waals surface area contributed by atoms with Crippen molar-refractivity contribution in [1.82, 2.24) is 4.90 Å². The molecule has 0 N–H and O–H groups in total. The lowest BCUT2D eigenvalue weighted by atomic mass is 10.1. The van der Waals surface area contributed by atoms with Gasteiger partial charge in [0.15, 0.2) is 17.3 Å². The summed E-state index contributed by atoms with van der Waals surface area (Å²) in [6, 6.07) is 4.23. The number of benzene rings is 1. The van der Waals surface area contributed by atoms with Gasteiger partial charge in [-0.2, -0.15) is 0 Å². The Hall–Kier alpha value is -1.46. The summed E-state index contributed by atoms with van der Waals surface area (Å²) in [7, 11) is 4.84. The quantitative estimate of drug-likeness (QED) is 0.710. The standard InChI is InChI=1S/C14H20FNO3/c1-10(18-3)8-16(2)9-13(17)11-5-6-14(19-4)12(15)7-11/h5-7,10H,8-9H2,1-4H3. The van der Waals surface area contributed by atoms with Gasteiger partial charge in [-0.25, -0.2) is 4.39 Å². The molecule has 0 saturated carbocycles. The summed E-state index contributed by atoms with van der Waals surface area (Å²) >= 11 is 0. The Morgan fingerprint density at radius 1 is 1.42 bits per heavy atom. The van der Waals surface area contributed by atoms with Gasteiger partial charge >= 0.3 is 0 Å². The molecule has 0 amide bonds. The lowest BCUT2D eigenvalue weighted by molar-refractivity contribution is 0.0765. The van der Waals surface area contributed by atoms with Crippen molar-refractivity contribution in [3.63, 3.8) is 0 Å². The summed E-state index contributed by atoms with van der Waals surface area (Å²) < 4.78 is 23.4. The molecule has 0 aliphatic rings. The number of ether oxygens (including phenoxy) is 2. The molecule has 5 heteroatoms. The van der Waals surface area contributed by atoms with Crippen LogP contribution in [0.3, 0.4) is 0 Å². The maximum absolute atomic E-state index is 13.5. The van der Waals surface area contributed by atoms with Crippen LogP contribution in [0, 0.1) is 5.82 Å². The molecule has 0 aliphatic carbocycles. The SMILES string of the molecule is COc1ccc(C(=O)CN(C)CC(C)OC)cc1F. The van der Waals surface area contributed by atoms with Crippen molar-refractivity contribution in [2.24, 2.45) is 0 Å². The summed E-state index contributed by atoms with van der Waals surface area (Å²) in [6.07, 6.45) is 0.0467. The Morgan fingerprint density at radius 3 is 2.63 bits per heavy atom. The average Bonchev–Trinajstić information content (AvgIpc) is 2.38. The molecule has 0 saturated heterocycles. The predicted octanol–water partition coefficient (Wildman–Crippen LogP) is 1.98. The minimum atomic E-state index is -0.527. The molecule has 0 bridgehead atoms. The van der Waals surface area contributed by atoms with E-state index in [-0.39, 0.29) is 24.2 Å². The van der Waals surface area contributed by atoms with Gasteiger partial charge in [0.2, 0.25) is 0 Å². The van der Waals surface area contributed by atoms with Gasteiger partial charge < -0.3 is 9.47 Å². The number of ketones is 1. The van der Waals surface area contributed by atoms with Gasteiger partial charge in [-0.1, -0.05) is 0 Å². The Labute approximate surface area is 113 Å². The highest BCUT2D eigenvalue weighted by Crippen LogP contribution is 2.18. The van der Waals surface area contributed by atoms with Crippen LogP contribution in [0.5, 0.6) is 5.75 Å². The van der Waals surface area contributed by atoms with Crippen LogP contribution in [-0.2, 0) is 4.74 Å². The smallest absolute Gasteiger partial charge is 0.176 e. The van der Waals surface area contributed by atoms with E-state index in [4.69, 9.17) is 9.47 Å². The van der Waals surface area contributed by atoms with Gasteiger partial charge in [0.25, 0.3) is 0 Å². The van der Waals surface area contributed by atoms with Gasteiger partial charge in [-0.05, 0) is 32.2 Å². The van der Waals surface area contributed by atoms with Crippen LogP contribution >= 0.6 is 0 Å². The fraction of sp³-hybridized carbons (Fsp3) is 0.500. The molecule has 106 valence electrons. The van der Waals surface area contributed by atoms with Gasteiger partial charge in [-0.3, -0.25) is 9.69 Å². The largest absolute Gasteiger partial charge is 0.494 e. The summed E-state index contributed by atoms with van der Waals surface area (Å²) in [5.74, 6) is -0.522. The molecular formula is C14H20FNO3. The number of hydrogen-bond acceptors (Lipinski definition) is 4. The Balaban J connectivity index is 2.65. The Morgan fingerprint density at radius 2 is 2.11 bits per heavy atom. The predicted molar refractivity (Wildman–Crippen MR) is 71.3 cm³/mol. The molecule has 0 radical (unpaired) electrons. The number of hydrogen-bond donors (Lipinski definition) is 0. The lowest BCUT2D eigenvalue weighted by Gasteiger charge is -2.19. The first-order valence-corrected chi connectivity index (χ1v) is 6.06. The summed E-state index contributed by atoms with van der Waals surface area (Å²) in [5.41, 5.74) is 0.343. The normalized spacial score (nSPS) is 12.5. The number of Topliss-reactive ketones (excluding diaryl/α,β-unsaturated/α-hetero) is 1. The number of carbonyl (C=O) groups excluding carboxylic acids is 1. The zero-order valence-corrected chi connectivity index (χ0v) is 11.8. The van der Waals surface area contributed by atoms with Crippen molar-refractivity contribution in [3.8, 4) is 5.75 Å². The maximum Gasteiger partial charge on any atom is 0.176 e. The highest BCUT2D eigenvalue weighted by atomic mass is 19.1. The van der Waals surface area contributed by atoms with E-state index in [2.05, 4.69) is 0 Å². The molecule has 0 aliphatic heterocycles. The van der Waals surface area contributed by atoms with Gasteiger partial charge in [0, 0.05) is 19.2 Å². The fourth-order valence-corrected chi connectivity index (χ4v) is 1.75. The third-order valence-corrected chi connectivity index (χ3v) is 2.86. The number of methoxy groups -OCH3 is 2. The highest BCUT2D eigenvalue weighted by molar-refractivity contribution is 5.97. The second-order valence-corrected chi connectivity index (χ2v) is 4.52. The van der Waals surface area contributed by atoms with E-state index in [0.29, 0.717) is 12.1 Å². The number of halogens is 1. The summed E-state index contributed by atoms with van der Waals surface area (Å²) in [6.45, 7) is 2.79. The third-order valence-electron chi connectivity index (χ3n) is 2.86. The van der Waals surface area contributed by atoms with E-state index < -0.39 is 5.82 Å². The topological polar surface area (TPSA) is 38.8 Å². The molecule has 1 atom stereocenters. The maximum atomic E-state index is 13.5. The molecule has 1 unspecified atom stereocenters. The van der Waals surface area contributed by atoms with E-state index in [1.54, 1.807) is 13.2 Å². The van der Waals surface area contributed by atoms with Crippen molar-refractivity contribution < 1.29 is 18.7 Å². The van der Waals surface area contributed by atoms with Crippen LogP contribution in [0.1, 0.15) is 17.3 Å². The monoisotopic (exact) mass is 269 g/mol. The molecule has 1 rings (SSSR count). The first-order chi connectivity index (χ1) is 8.97. The number of rotatable bonds is 7. The first kappa shape index (κ1) is 15.6. The average molecular weight is 269 g/mol. The van der Waals surface area contributed by atoms with E-state index in [9.17, 15) is 9.18 Å². The van der Waals surface area contributed by atoms with Crippen molar-refractivity contribution >= 4 is 5.78 Å². The zero-order valence-electron chi connectivity index (χ0n) is 11.8. The van der Waals surface area contributed by atoms with Crippen LogP contribution in [0.15, 0.2) is 18.2 Å². The van der Waals surface area contributed by atoms with Gasteiger partial charge in [0.05, 0.1) is 19.8 Å². The molecule has 0 fully saturated rings. The van der Waals surface area contributed by atoms with Crippen molar-refractivity contribution in [2.45, 2.75) is 13.0 Å². The molecule has 0 heterocycles. The molecular weight excluding hydrogens is 249 g/mol. The van der Waals surface area contributed by atoms with Crippen LogP contribution in [0.2, 0.25) is 0 Å². The van der Waals surface area contributed by atoms with Crippen molar-refractivity contribution in [2.75, 3.05) is 34.4 Å². The lowest BCUT2D eigenvalue weighted by Crippen LogP contribution is -2.32. The van der Waals surface area contributed by atoms with Crippen LogP contribution in [-0.4, -0.2) is 51.1 Å². The van der Waals surface area contributed by atoms with E-state index in [0.717, 1.165) is 0 Å². The van der Waals surface area contributed by atoms with Crippen LogP contribution < -0.4 is 4.74 Å². The molecule has 1 aromatic rings. The highest BCUT2D eigenvalue weighted by Gasteiger charge is 2.13. The Kier molecular flexibility index (Phi) is 5.92.